The van der Waals surface area contributed by atoms with Gasteiger partial charge in [0.15, 0.2) is 5.11 Å². The quantitative estimate of drug-likeness (QED) is 0.548. The Morgan fingerprint density at radius 3 is 2.04 bits per heavy atom. The van der Waals surface area contributed by atoms with Gasteiger partial charge in [-0.3, -0.25) is 0 Å². The van der Waals surface area contributed by atoms with E-state index in [0.29, 0.717) is 5.11 Å². The Bertz CT molecular complexity index is 948. The lowest BCUT2D eigenvalue weighted by atomic mass is 9.94. The predicted molar refractivity (Wildman–Crippen MR) is 119 cm³/mol. The molecule has 0 spiro atoms. The summed E-state index contributed by atoms with van der Waals surface area (Å²) in [5, 5.41) is 7.50. The maximum absolute atomic E-state index is 5.65. The molecule has 0 heterocycles. The minimum Gasteiger partial charge on any atom is -0.352 e. The maximum Gasteiger partial charge on any atom is 0.171 e. The number of benzene rings is 3. The molecule has 0 aliphatic rings. The molecule has 0 amide bonds. The number of nitrogens with one attached hydrogen (secondary N) is 2. The molecule has 0 bridgehead atoms. The van der Waals surface area contributed by atoms with E-state index in [1.165, 1.54) is 33.4 Å². The van der Waals surface area contributed by atoms with Crippen LogP contribution in [-0.2, 0) is 0 Å². The number of hydrogen-bond acceptors (Lipinski definition) is 1. The number of rotatable bonds is 4. The highest BCUT2D eigenvalue weighted by Crippen LogP contribution is 2.26. The lowest BCUT2D eigenvalue weighted by Gasteiger charge is -2.24. The van der Waals surface area contributed by atoms with Crippen LogP contribution in [0.4, 0.5) is 5.69 Å². The second-order valence-corrected chi connectivity index (χ2v) is 7.53. The van der Waals surface area contributed by atoms with Gasteiger partial charge in [-0.1, -0.05) is 71.8 Å². The van der Waals surface area contributed by atoms with Gasteiger partial charge in [-0.15, -0.1) is 0 Å². The van der Waals surface area contributed by atoms with Crippen molar-refractivity contribution in [2.45, 2.75) is 33.7 Å². The summed E-state index contributed by atoms with van der Waals surface area (Å²) < 4.78 is 0. The van der Waals surface area contributed by atoms with Crippen LogP contribution in [0.5, 0.6) is 0 Å². The topological polar surface area (TPSA) is 24.1 Å². The molecule has 0 fully saturated rings. The van der Waals surface area contributed by atoms with Crippen LogP contribution in [0.1, 0.15) is 39.4 Å². The molecule has 2 nitrogen and oxygen atoms in total. The van der Waals surface area contributed by atoms with E-state index in [0.717, 1.165) is 5.69 Å². The summed E-state index contributed by atoms with van der Waals surface area (Å²) >= 11 is 5.65. The number of aryl methyl sites for hydroxylation is 4. The van der Waals surface area contributed by atoms with Gasteiger partial charge < -0.3 is 10.6 Å². The molecule has 138 valence electrons. The zero-order valence-electron chi connectivity index (χ0n) is 16.3. The van der Waals surface area contributed by atoms with Crippen LogP contribution < -0.4 is 10.6 Å². The van der Waals surface area contributed by atoms with Crippen molar-refractivity contribution in [2.75, 3.05) is 5.32 Å². The Hall–Kier alpha value is -2.65. The monoisotopic (exact) mass is 374 g/mol. The highest BCUT2D eigenvalue weighted by Gasteiger charge is 2.17. The molecule has 0 aliphatic carbocycles. The van der Waals surface area contributed by atoms with E-state index < -0.39 is 0 Å². The largest absolute Gasteiger partial charge is 0.352 e. The van der Waals surface area contributed by atoms with Gasteiger partial charge in [-0.25, -0.2) is 0 Å². The smallest absolute Gasteiger partial charge is 0.171 e. The predicted octanol–water partition coefficient (Wildman–Crippen LogP) is 6.00. The molecule has 3 heteroatoms. The zero-order chi connectivity index (χ0) is 19.4. The highest BCUT2D eigenvalue weighted by atomic mass is 32.1. The Balaban J connectivity index is 1.88. The van der Waals surface area contributed by atoms with E-state index >= 15 is 0 Å². The molecule has 27 heavy (non-hydrogen) atoms. The maximum atomic E-state index is 5.65. The van der Waals surface area contributed by atoms with Crippen LogP contribution in [0.25, 0.3) is 0 Å². The average molecular weight is 375 g/mol. The van der Waals surface area contributed by atoms with E-state index in [2.05, 4.69) is 99.0 Å². The molecule has 3 aromatic carbocycles. The highest BCUT2D eigenvalue weighted by molar-refractivity contribution is 7.80. The molecular weight excluding hydrogens is 348 g/mol. The van der Waals surface area contributed by atoms with Crippen LogP contribution in [0, 0.1) is 27.7 Å². The van der Waals surface area contributed by atoms with Crippen molar-refractivity contribution in [1.29, 1.82) is 0 Å². The molecule has 0 aromatic heterocycles. The number of hydrogen-bond donors (Lipinski definition) is 2. The molecule has 0 saturated heterocycles. The third kappa shape index (κ3) is 4.75. The van der Waals surface area contributed by atoms with Crippen molar-refractivity contribution < 1.29 is 0 Å². The fraction of sp³-hybridized carbons (Fsp3) is 0.208. The molecule has 0 unspecified atom stereocenters. The first-order valence-electron chi connectivity index (χ1n) is 9.21. The Morgan fingerprint density at radius 1 is 0.778 bits per heavy atom. The Kier molecular flexibility index (Phi) is 5.92. The average Bonchev–Trinajstić information content (AvgIpc) is 2.63. The van der Waals surface area contributed by atoms with Crippen molar-refractivity contribution in [3.8, 4) is 0 Å². The molecule has 3 aromatic rings. The molecule has 0 radical (unpaired) electrons. The van der Waals surface area contributed by atoms with Crippen LogP contribution >= 0.6 is 12.2 Å². The van der Waals surface area contributed by atoms with E-state index in [4.69, 9.17) is 12.2 Å². The summed E-state index contributed by atoms with van der Waals surface area (Å²) in [6.07, 6.45) is 0. The normalized spacial score (nSPS) is 11.7. The van der Waals surface area contributed by atoms with Crippen molar-refractivity contribution in [3.63, 3.8) is 0 Å². The fourth-order valence-corrected chi connectivity index (χ4v) is 3.61. The third-order valence-electron chi connectivity index (χ3n) is 4.77. The Morgan fingerprint density at radius 2 is 1.41 bits per heavy atom. The second-order valence-electron chi connectivity index (χ2n) is 7.12. The number of thiocarbonyl (C=S) groups is 1. The first-order valence-corrected chi connectivity index (χ1v) is 9.62. The second kappa shape index (κ2) is 8.36. The molecule has 1 atom stereocenters. The number of anilines is 1. The lowest BCUT2D eigenvalue weighted by molar-refractivity contribution is 0.762. The standard InChI is InChI=1S/C24H26N2S/c1-16-10-12-21(18(3)14-16)23(20-8-6-5-7-9-20)26-24(27)25-22-13-11-17(2)15-19(22)4/h5-15,23H,1-4H3,(H2,25,26,27)/t23-/m0/s1. The van der Waals surface area contributed by atoms with Crippen molar-refractivity contribution in [2.24, 2.45) is 0 Å². The van der Waals surface area contributed by atoms with Crippen LogP contribution in [-0.4, -0.2) is 5.11 Å². The van der Waals surface area contributed by atoms with Crippen LogP contribution in [0.2, 0.25) is 0 Å². The molecule has 3 rings (SSSR count). The van der Waals surface area contributed by atoms with Gasteiger partial charge in [-0.05, 0) is 68.2 Å². The Labute approximate surface area is 167 Å². The minimum atomic E-state index is -0.00226. The lowest BCUT2D eigenvalue weighted by Crippen LogP contribution is -2.33. The SMILES string of the molecule is Cc1ccc(NC(=S)N[C@@H](c2ccccc2)c2ccc(C)cc2C)c(C)c1. The van der Waals surface area contributed by atoms with Gasteiger partial charge in [0.1, 0.15) is 0 Å². The molecule has 2 N–H and O–H groups in total. The summed E-state index contributed by atoms with van der Waals surface area (Å²) in [4.78, 5) is 0. The van der Waals surface area contributed by atoms with E-state index in [1.54, 1.807) is 0 Å². The van der Waals surface area contributed by atoms with E-state index in [1.807, 2.05) is 6.07 Å². The summed E-state index contributed by atoms with van der Waals surface area (Å²) in [7, 11) is 0. The van der Waals surface area contributed by atoms with Gasteiger partial charge in [0.25, 0.3) is 0 Å². The van der Waals surface area contributed by atoms with E-state index in [-0.39, 0.29) is 6.04 Å². The van der Waals surface area contributed by atoms with Crippen LogP contribution in [0.3, 0.4) is 0 Å². The summed E-state index contributed by atoms with van der Waals surface area (Å²) in [6, 6.07) is 23.3. The van der Waals surface area contributed by atoms with Crippen molar-refractivity contribution in [1.82, 2.24) is 5.32 Å². The van der Waals surface area contributed by atoms with Crippen molar-refractivity contribution >= 4 is 23.0 Å². The first-order chi connectivity index (χ1) is 12.9. The van der Waals surface area contributed by atoms with Gasteiger partial charge >= 0.3 is 0 Å². The summed E-state index contributed by atoms with van der Waals surface area (Å²) in [5.41, 5.74) is 8.40. The van der Waals surface area contributed by atoms with Crippen molar-refractivity contribution in [3.05, 3.63) is 100 Å². The third-order valence-corrected chi connectivity index (χ3v) is 4.99. The summed E-state index contributed by atoms with van der Waals surface area (Å²) in [5.74, 6) is 0. The first kappa shape index (κ1) is 19.1. The summed E-state index contributed by atoms with van der Waals surface area (Å²) in [6.45, 7) is 8.46. The molecule has 0 saturated carbocycles. The molecule has 0 aliphatic heterocycles. The van der Waals surface area contributed by atoms with Gasteiger partial charge in [0, 0.05) is 5.69 Å². The van der Waals surface area contributed by atoms with Crippen LogP contribution in [0.15, 0.2) is 66.7 Å². The van der Waals surface area contributed by atoms with Gasteiger partial charge in [0.2, 0.25) is 0 Å². The minimum absolute atomic E-state index is 0.00226. The molecular formula is C24H26N2S. The van der Waals surface area contributed by atoms with Gasteiger partial charge in [0.05, 0.1) is 6.04 Å². The zero-order valence-corrected chi connectivity index (χ0v) is 17.2. The fourth-order valence-electron chi connectivity index (χ4n) is 3.38. The van der Waals surface area contributed by atoms with E-state index in [9.17, 15) is 0 Å². The van der Waals surface area contributed by atoms with Gasteiger partial charge in [-0.2, -0.15) is 0 Å².